The van der Waals surface area contributed by atoms with Gasteiger partial charge in [-0.3, -0.25) is 4.68 Å². The molecule has 8 heteroatoms. The van der Waals surface area contributed by atoms with E-state index in [4.69, 9.17) is 5.73 Å². The van der Waals surface area contributed by atoms with Gasteiger partial charge < -0.3 is 10.6 Å². The van der Waals surface area contributed by atoms with E-state index in [2.05, 4.69) is 10.1 Å². The predicted octanol–water partition coefficient (Wildman–Crippen LogP) is 1.60. The normalized spacial score (nSPS) is 12.8. The van der Waals surface area contributed by atoms with Gasteiger partial charge in [-0.1, -0.05) is 0 Å². The summed E-state index contributed by atoms with van der Waals surface area (Å²) in [6, 6.07) is 0. The molecule has 1 rings (SSSR count). The number of hydrogen-bond acceptors (Lipinski definition) is 2. The Bertz CT molecular complexity index is 446. The summed E-state index contributed by atoms with van der Waals surface area (Å²) in [5.41, 5.74) is 4.83. The molecule has 0 saturated heterocycles. The van der Waals surface area contributed by atoms with Crippen molar-refractivity contribution >= 4 is 5.96 Å². The van der Waals surface area contributed by atoms with Gasteiger partial charge in [0.2, 0.25) is 0 Å². The van der Waals surface area contributed by atoms with E-state index in [0.717, 1.165) is 4.68 Å². The zero-order chi connectivity index (χ0) is 14.6. The van der Waals surface area contributed by atoms with Crippen LogP contribution in [0.2, 0.25) is 0 Å². The van der Waals surface area contributed by atoms with Crippen LogP contribution in [0.15, 0.2) is 11.2 Å². The maximum atomic E-state index is 12.7. The van der Waals surface area contributed by atoms with Crippen LogP contribution in [0.5, 0.6) is 0 Å². The van der Waals surface area contributed by atoms with E-state index in [9.17, 15) is 13.2 Å². The third-order valence-electron chi connectivity index (χ3n) is 2.67. The van der Waals surface area contributed by atoms with Crippen LogP contribution in [0.3, 0.4) is 0 Å². The molecule has 0 radical (unpaired) electrons. The van der Waals surface area contributed by atoms with Crippen molar-refractivity contribution in [2.45, 2.75) is 26.6 Å². The van der Waals surface area contributed by atoms with Crippen molar-refractivity contribution in [1.82, 2.24) is 14.7 Å². The van der Waals surface area contributed by atoms with Crippen molar-refractivity contribution in [1.29, 1.82) is 0 Å². The van der Waals surface area contributed by atoms with Crippen molar-refractivity contribution in [2.75, 3.05) is 13.1 Å². The van der Waals surface area contributed by atoms with Gasteiger partial charge in [0.15, 0.2) is 11.7 Å². The van der Waals surface area contributed by atoms with E-state index in [1.54, 1.807) is 4.90 Å². The summed E-state index contributed by atoms with van der Waals surface area (Å²) in [5, 5.41) is 3.41. The Hall–Kier alpha value is -1.73. The van der Waals surface area contributed by atoms with Crippen molar-refractivity contribution in [3.05, 3.63) is 17.5 Å². The van der Waals surface area contributed by atoms with Gasteiger partial charge >= 0.3 is 6.18 Å². The molecule has 2 N–H and O–H groups in total. The summed E-state index contributed by atoms with van der Waals surface area (Å²) in [6.45, 7) is 4.98. The van der Waals surface area contributed by atoms with Crippen molar-refractivity contribution in [3.63, 3.8) is 0 Å². The topological polar surface area (TPSA) is 59.4 Å². The molecule has 0 aliphatic heterocycles. The molecule has 1 aromatic rings. The monoisotopic (exact) mass is 277 g/mol. The maximum absolute atomic E-state index is 12.7. The summed E-state index contributed by atoms with van der Waals surface area (Å²) >= 11 is 0. The fraction of sp³-hybridized carbons (Fsp3) is 0.636. The molecule has 0 aliphatic rings. The third-order valence-corrected chi connectivity index (χ3v) is 2.67. The average molecular weight is 277 g/mol. The SMILES string of the molecule is CCN(CC)C(N)=NCc1cn(C)nc1C(F)(F)F. The molecule has 0 atom stereocenters. The number of aromatic nitrogens is 2. The second-order valence-electron chi connectivity index (χ2n) is 4.02. The van der Waals surface area contributed by atoms with Crippen molar-refractivity contribution in [2.24, 2.45) is 17.8 Å². The Kier molecular flexibility index (Phi) is 4.79. The van der Waals surface area contributed by atoms with E-state index in [1.165, 1.54) is 13.2 Å². The van der Waals surface area contributed by atoms with Gasteiger partial charge in [-0.2, -0.15) is 18.3 Å². The molecular weight excluding hydrogens is 259 g/mol. The molecule has 0 spiro atoms. The van der Waals surface area contributed by atoms with Crippen molar-refractivity contribution < 1.29 is 13.2 Å². The van der Waals surface area contributed by atoms with Crippen LogP contribution >= 0.6 is 0 Å². The molecule has 0 amide bonds. The molecular formula is C11H18F3N5. The quantitative estimate of drug-likeness (QED) is 0.671. The first-order chi connectivity index (χ1) is 8.79. The highest BCUT2D eigenvalue weighted by molar-refractivity contribution is 5.78. The number of nitrogens with zero attached hydrogens (tertiary/aromatic N) is 4. The second kappa shape index (κ2) is 5.94. The Morgan fingerprint density at radius 3 is 2.47 bits per heavy atom. The zero-order valence-electron chi connectivity index (χ0n) is 11.2. The lowest BCUT2D eigenvalue weighted by Crippen LogP contribution is -2.37. The largest absolute Gasteiger partial charge is 0.435 e. The first-order valence-electron chi connectivity index (χ1n) is 5.94. The Morgan fingerprint density at radius 1 is 1.42 bits per heavy atom. The van der Waals surface area contributed by atoms with Crippen LogP contribution in [0.4, 0.5) is 13.2 Å². The van der Waals surface area contributed by atoms with Crippen molar-refractivity contribution in [3.8, 4) is 0 Å². The second-order valence-corrected chi connectivity index (χ2v) is 4.02. The lowest BCUT2D eigenvalue weighted by molar-refractivity contribution is -0.142. The molecule has 0 aromatic carbocycles. The lowest BCUT2D eigenvalue weighted by Gasteiger charge is -2.19. The molecule has 0 saturated carbocycles. The summed E-state index contributed by atoms with van der Waals surface area (Å²) in [4.78, 5) is 5.76. The number of nitrogens with two attached hydrogens (primary N) is 1. The van der Waals surface area contributed by atoms with Gasteiger partial charge in [0.25, 0.3) is 0 Å². The molecule has 1 heterocycles. The highest BCUT2D eigenvalue weighted by atomic mass is 19.4. The summed E-state index contributed by atoms with van der Waals surface area (Å²) in [7, 11) is 1.44. The van der Waals surface area contributed by atoms with E-state index in [-0.39, 0.29) is 18.1 Å². The molecule has 108 valence electrons. The van der Waals surface area contributed by atoms with Gasteiger partial charge in [0, 0.05) is 31.9 Å². The minimum atomic E-state index is -4.48. The molecule has 19 heavy (non-hydrogen) atoms. The number of aliphatic imine (C=N–C) groups is 1. The van der Waals surface area contributed by atoms with Crippen LogP contribution in [0.1, 0.15) is 25.1 Å². The number of halogens is 3. The number of guanidine groups is 1. The van der Waals surface area contributed by atoms with Gasteiger partial charge in [-0.15, -0.1) is 0 Å². The lowest BCUT2D eigenvalue weighted by atomic mass is 10.2. The first-order valence-corrected chi connectivity index (χ1v) is 5.94. The standard InChI is InChI=1S/C11H18F3N5/c1-4-19(5-2)10(15)16-6-8-7-18(3)17-9(8)11(12,13)14/h7H,4-6H2,1-3H3,(H2,15,16). The number of aryl methyl sites for hydroxylation is 1. The highest BCUT2D eigenvalue weighted by Gasteiger charge is 2.36. The molecule has 5 nitrogen and oxygen atoms in total. The Morgan fingerprint density at radius 2 is 2.00 bits per heavy atom. The van der Waals surface area contributed by atoms with Crippen LogP contribution < -0.4 is 5.73 Å². The Balaban J connectivity index is 2.92. The minimum absolute atomic E-state index is 0.0186. The zero-order valence-corrected chi connectivity index (χ0v) is 11.2. The number of hydrogen-bond donors (Lipinski definition) is 1. The van der Waals surface area contributed by atoms with Gasteiger partial charge in [-0.25, -0.2) is 4.99 Å². The molecule has 1 aromatic heterocycles. The van der Waals surface area contributed by atoms with E-state index < -0.39 is 11.9 Å². The fourth-order valence-corrected chi connectivity index (χ4v) is 1.71. The smallest absolute Gasteiger partial charge is 0.370 e. The molecule has 0 aliphatic carbocycles. The summed E-state index contributed by atoms with van der Waals surface area (Å²) in [6.07, 6.45) is -3.17. The van der Waals surface area contributed by atoms with Gasteiger partial charge in [-0.05, 0) is 13.8 Å². The first kappa shape index (κ1) is 15.3. The summed E-state index contributed by atoms with van der Waals surface area (Å²) < 4.78 is 39.3. The van der Waals surface area contributed by atoms with Gasteiger partial charge in [0.1, 0.15) is 0 Å². The van der Waals surface area contributed by atoms with E-state index in [1.807, 2.05) is 13.8 Å². The molecule has 0 fully saturated rings. The van der Waals surface area contributed by atoms with Crippen LogP contribution in [0, 0.1) is 0 Å². The summed E-state index contributed by atoms with van der Waals surface area (Å²) in [5.74, 6) is 0.238. The fourth-order valence-electron chi connectivity index (χ4n) is 1.71. The molecule has 0 bridgehead atoms. The average Bonchev–Trinajstić information content (AvgIpc) is 2.69. The van der Waals surface area contributed by atoms with Crippen LogP contribution in [0.25, 0.3) is 0 Å². The number of alkyl halides is 3. The Labute approximate surface area is 109 Å². The van der Waals surface area contributed by atoms with Crippen LogP contribution in [-0.4, -0.2) is 33.7 Å². The number of rotatable bonds is 4. The highest BCUT2D eigenvalue weighted by Crippen LogP contribution is 2.30. The predicted molar refractivity (Wildman–Crippen MR) is 66.5 cm³/mol. The minimum Gasteiger partial charge on any atom is -0.370 e. The third kappa shape index (κ3) is 3.87. The van der Waals surface area contributed by atoms with Crippen LogP contribution in [-0.2, 0) is 19.8 Å². The van der Waals surface area contributed by atoms with E-state index >= 15 is 0 Å². The van der Waals surface area contributed by atoms with Gasteiger partial charge in [0.05, 0.1) is 6.54 Å². The molecule has 0 unspecified atom stereocenters. The van der Waals surface area contributed by atoms with E-state index in [0.29, 0.717) is 13.1 Å². The maximum Gasteiger partial charge on any atom is 0.435 e.